The van der Waals surface area contributed by atoms with Crippen molar-refractivity contribution in [3.05, 3.63) is 48.0 Å². The maximum absolute atomic E-state index is 10.6. The molecular formula is C16H16O6. The Kier molecular flexibility index (Phi) is 4.73. The van der Waals surface area contributed by atoms with E-state index in [2.05, 4.69) is 9.78 Å². The van der Waals surface area contributed by atoms with Crippen molar-refractivity contribution in [3.8, 4) is 23.0 Å². The Bertz CT molecular complexity index is 646. The lowest BCUT2D eigenvalue weighted by Gasteiger charge is -2.10. The lowest BCUT2D eigenvalue weighted by molar-refractivity contribution is -0.0846. The smallest absolute Gasteiger partial charge is 0.339 e. The van der Waals surface area contributed by atoms with Gasteiger partial charge in [-0.25, -0.2) is 4.79 Å². The highest BCUT2D eigenvalue weighted by atomic mass is 17.2. The second-order valence-electron chi connectivity index (χ2n) is 4.79. The molecule has 0 aliphatic carbocycles. The van der Waals surface area contributed by atoms with E-state index in [0.29, 0.717) is 5.75 Å². The fraction of sp³-hybridized carbons (Fsp3) is 0.188. The average Bonchev–Trinajstić information content (AvgIpc) is 2.77. The Hall–Kier alpha value is -2.89. The summed E-state index contributed by atoms with van der Waals surface area (Å²) in [5.41, 5.74) is -0.124. The number of benzene rings is 2. The zero-order valence-electron chi connectivity index (χ0n) is 12.1. The number of ether oxygens (including phenoxy) is 1. The largest absolute Gasteiger partial charge is 0.507 e. The fourth-order valence-corrected chi connectivity index (χ4v) is 1.71. The van der Waals surface area contributed by atoms with Crippen molar-refractivity contribution in [2.75, 3.05) is 0 Å². The summed E-state index contributed by atoms with van der Waals surface area (Å²) in [6, 6.07) is 11.5. The summed E-state index contributed by atoms with van der Waals surface area (Å²) in [5, 5.41) is 18.0. The third kappa shape index (κ3) is 4.05. The Morgan fingerprint density at radius 1 is 1.09 bits per heavy atom. The van der Waals surface area contributed by atoms with Gasteiger partial charge in [-0.2, -0.15) is 0 Å². The zero-order chi connectivity index (χ0) is 16.1. The van der Waals surface area contributed by atoms with Gasteiger partial charge in [-0.3, -0.25) is 9.78 Å². The van der Waals surface area contributed by atoms with Crippen LogP contribution >= 0.6 is 0 Å². The highest BCUT2D eigenvalue weighted by Gasteiger charge is 2.10. The minimum atomic E-state index is -1.15. The lowest BCUT2D eigenvalue weighted by atomic mass is 10.2. The summed E-state index contributed by atoms with van der Waals surface area (Å²) in [4.78, 5) is 19.9. The van der Waals surface area contributed by atoms with Crippen LogP contribution in [-0.4, -0.2) is 22.3 Å². The van der Waals surface area contributed by atoms with Gasteiger partial charge in [0.1, 0.15) is 17.1 Å². The molecule has 1 aliphatic rings. The van der Waals surface area contributed by atoms with Crippen molar-refractivity contribution in [1.29, 1.82) is 0 Å². The van der Waals surface area contributed by atoms with Crippen LogP contribution in [0.5, 0.6) is 23.0 Å². The van der Waals surface area contributed by atoms with E-state index in [0.717, 1.165) is 11.5 Å². The van der Waals surface area contributed by atoms with E-state index in [1.165, 1.54) is 18.2 Å². The number of aromatic carboxylic acids is 1. The van der Waals surface area contributed by atoms with Crippen LogP contribution < -0.4 is 14.5 Å². The summed E-state index contributed by atoms with van der Waals surface area (Å²) >= 11 is 0. The van der Waals surface area contributed by atoms with Crippen LogP contribution in [0.15, 0.2) is 42.5 Å². The van der Waals surface area contributed by atoms with Gasteiger partial charge in [0.2, 0.25) is 0 Å². The number of rotatable bonds is 3. The van der Waals surface area contributed by atoms with Gasteiger partial charge in [0.05, 0.1) is 6.10 Å². The van der Waals surface area contributed by atoms with Crippen molar-refractivity contribution in [2.45, 2.75) is 20.0 Å². The molecule has 1 aliphatic heterocycles. The van der Waals surface area contributed by atoms with E-state index in [4.69, 9.17) is 9.84 Å². The molecule has 2 bridgehead atoms. The van der Waals surface area contributed by atoms with Gasteiger partial charge in [0, 0.05) is 12.1 Å². The van der Waals surface area contributed by atoms with E-state index in [-0.39, 0.29) is 17.4 Å². The van der Waals surface area contributed by atoms with E-state index in [9.17, 15) is 9.90 Å². The molecule has 116 valence electrons. The molecule has 0 saturated heterocycles. The molecule has 6 nitrogen and oxygen atoms in total. The number of carboxylic acids is 1. The molecule has 0 fully saturated rings. The Morgan fingerprint density at radius 2 is 1.73 bits per heavy atom. The zero-order valence-corrected chi connectivity index (χ0v) is 12.1. The van der Waals surface area contributed by atoms with Crippen molar-refractivity contribution in [2.24, 2.45) is 0 Å². The SMILES string of the molecule is CC(C)Oc1ccc(C(=O)O)c(O)c1.c1cc2cc(c1)OO2. The predicted molar refractivity (Wildman–Crippen MR) is 78.5 cm³/mol. The van der Waals surface area contributed by atoms with Gasteiger partial charge in [-0.15, -0.1) is 0 Å². The first-order chi connectivity index (χ1) is 10.5. The molecule has 22 heavy (non-hydrogen) atoms. The van der Waals surface area contributed by atoms with Crippen LogP contribution in [0.2, 0.25) is 0 Å². The predicted octanol–water partition coefficient (Wildman–Crippen LogP) is 3.25. The molecule has 0 unspecified atom stereocenters. The molecule has 3 rings (SSSR count). The number of phenols is 1. The third-order valence-electron chi connectivity index (χ3n) is 2.61. The van der Waals surface area contributed by atoms with Gasteiger partial charge < -0.3 is 14.9 Å². The molecule has 0 atom stereocenters. The van der Waals surface area contributed by atoms with Crippen LogP contribution in [0.1, 0.15) is 24.2 Å². The lowest BCUT2D eigenvalue weighted by Crippen LogP contribution is -2.06. The average molecular weight is 304 g/mol. The number of carbonyl (C=O) groups is 1. The second-order valence-corrected chi connectivity index (χ2v) is 4.79. The summed E-state index contributed by atoms with van der Waals surface area (Å²) in [7, 11) is 0. The second kappa shape index (κ2) is 6.71. The topological polar surface area (TPSA) is 85.2 Å². The quantitative estimate of drug-likeness (QED) is 0.847. The van der Waals surface area contributed by atoms with E-state index >= 15 is 0 Å². The number of hydrogen-bond donors (Lipinski definition) is 2. The summed E-state index contributed by atoms with van der Waals surface area (Å²) < 4.78 is 5.28. The number of aromatic hydroxyl groups is 1. The summed E-state index contributed by atoms with van der Waals surface area (Å²) in [6.45, 7) is 3.70. The summed E-state index contributed by atoms with van der Waals surface area (Å²) in [6.07, 6.45) is -0.00919. The van der Waals surface area contributed by atoms with E-state index < -0.39 is 5.97 Å². The van der Waals surface area contributed by atoms with Crippen LogP contribution in [0.3, 0.4) is 0 Å². The number of hydrogen-bond acceptors (Lipinski definition) is 5. The van der Waals surface area contributed by atoms with Crippen molar-refractivity contribution in [1.82, 2.24) is 0 Å². The first-order valence-electron chi connectivity index (χ1n) is 6.63. The first kappa shape index (κ1) is 15.5. The molecule has 0 aromatic heterocycles. The third-order valence-corrected chi connectivity index (χ3v) is 2.61. The van der Waals surface area contributed by atoms with Crippen LogP contribution in [0, 0.1) is 0 Å². The molecule has 6 heteroatoms. The van der Waals surface area contributed by atoms with Crippen LogP contribution in [-0.2, 0) is 0 Å². The van der Waals surface area contributed by atoms with Crippen molar-refractivity contribution < 1.29 is 29.5 Å². The normalized spacial score (nSPS) is 11.0. The molecule has 1 heterocycles. The van der Waals surface area contributed by atoms with Crippen molar-refractivity contribution >= 4 is 5.97 Å². The standard InChI is InChI=1S/C10H12O4.C6H4O2/c1-6(2)14-7-3-4-8(10(12)13)9(11)5-7;1-2-5-4-6(3-1)8-7-5/h3-6,11H,1-2H3,(H,12,13);1-4H. The van der Waals surface area contributed by atoms with Gasteiger partial charge >= 0.3 is 5.97 Å². The van der Waals surface area contributed by atoms with E-state index in [1.54, 1.807) is 0 Å². The summed E-state index contributed by atoms with van der Waals surface area (Å²) in [5.74, 6) is 0.585. The maximum atomic E-state index is 10.6. The molecule has 2 N–H and O–H groups in total. The number of carboxylic acid groups (broad SMARTS) is 1. The molecule has 0 spiro atoms. The molecule has 2 aromatic rings. The minimum Gasteiger partial charge on any atom is -0.507 e. The van der Waals surface area contributed by atoms with Crippen LogP contribution in [0.25, 0.3) is 0 Å². The van der Waals surface area contributed by atoms with Gasteiger partial charge in [-0.05, 0) is 38.1 Å². The fourth-order valence-electron chi connectivity index (χ4n) is 1.71. The Morgan fingerprint density at radius 3 is 2.18 bits per heavy atom. The Labute approximate surface area is 127 Å². The van der Waals surface area contributed by atoms with Crippen LogP contribution in [0.4, 0.5) is 0 Å². The number of fused-ring (bicyclic) bond motifs is 2. The monoisotopic (exact) mass is 304 g/mol. The molecule has 2 aromatic carbocycles. The maximum Gasteiger partial charge on any atom is 0.339 e. The van der Waals surface area contributed by atoms with E-state index in [1.807, 2.05) is 38.1 Å². The molecule has 0 radical (unpaired) electrons. The Balaban J connectivity index is 0.000000183. The first-order valence-corrected chi connectivity index (χ1v) is 6.63. The van der Waals surface area contributed by atoms with Gasteiger partial charge in [0.25, 0.3) is 0 Å². The van der Waals surface area contributed by atoms with Gasteiger partial charge in [-0.1, -0.05) is 6.07 Å². The molecular weight excluding hydrogens is 288 g/mol. The highest BCUT2D eigenvalue weighted by Crippen LogP contribution is 2.25. The molecule has 0 saturated carbocycles. The van der Waals surface area contributed by atoms with Gasteiger partial charge in [0.15, 0.2) is 11.5 Å². The minimum absolute atomic E-state index is 0.00919. The van der Waals surface area contributed by atoms with Crippen molar-refractivity contribution in [3.63, 3.8) is 0 Å². The highest BCUT2D eigenvalue weighted by molar-refractivity contribution is 5.90. The molecule has 0 amide bonds.